The Morgan fingerprint density at radius 2 is 2.20 bits per heavy atom. The number of nitriles is 1. The number of hydrogen-bond acceptors (Lipinski definition) is 4. The average Bonchev–Trinajstić information content (AvgIpc) is 2.46. The molecule has 0 heterocycles. The topological polar surface area (TPSA) is 74.2 Å². The molecule has 0 bridgehead atoms. The molecule has 0 saturated carbocycles. The van der Waals surface area contributed by atoms with Gasteiger partial charge in [-0.05, 0) is 24.6 Å². The molecule has 20 heavy (non-hydrogen) atoms. The quantitative estimate of drug-likeness (QED) is 0.802. The molecule has 0 radical (unpaired) electrons. The Balaban J connectivity index is 2.89. The Bertz CT molecular complexity index is 494. The lowest BCUT2D eigenvalue weighted by molar-refractivity contribution is -0.120. The fourth-order valence-electron chi connectivity index (χ4n) is 1.71. The molecule has 1 amide bonds. The van der Waals surface area contributed by atoms with Crippen molar-refractivity contribution >= 4 is 17.3 Å². The van der Waals surface area contributed by atoms with Gasteiger partial charge >= 0.3 is 0 Å². The number of anilines is 2. The van der Waals surface area contributed by atoms with Gasteiger partial charge in [0, 0.05) is 13.7 Å². The summed E-state index contributed by atoms with van der Waals surface area (Å²) in [5.41, 5.74) is 1.97. The van der Waals surface area contributed by atoms with Crippen LogP contribution in [0.2, 0.25) is 0 Å². The third-order valence-corrected chi connectivity index (χ3v) is 2.84. The van der Waals surface area contributed by atoms with Gasteiger partial charge in [-0.15, -0.1) is 0 Å². The third-order valence-electron chi connectivity index (χ3n) is 2.84. The highest BCUT2D eigenvalue weighted by atomic mass is 16.5. The maximum absolute atomic E-state index is 12.0. The first-order valence-corrected chi connectivity index (χ1v) is 6.70. The molecular weight excluding hydrogens is 254 g/mol. The molecule has 1 rings (SSSR count). The Labute approximate surface area is 119 Å². The molecule has 0 spiro atoms. The van der Waals surface area contributed by atoms with Crippen molar-refractivity contribution in [2.45, 2.75) is 20.3 Å². The van der Waals surface area contributed by atoms with Gasteiger partial charge in [-0.25, -0.2) is 0 Å². The minimum absolute atomic E-state index is 0.124. The van der Waals surface area contributed by atoms with Crippen LogP contribution in [0.15, 0.2) is 18.2 Å². The van der Waals surface area contributed by atoms with E-state index in [1.165, 1.54) is 0 Å². The minimum Gasteiger partial charge on any atom is -0.384 e. The Morgan fingerprint density at radius 1 is 1.45 bits per heavy atom. The molecule has 0 aromatic heterocycles. The fourth-order valence-corrected chi connectivity index (χ4v) is 1.71. The van der Waals surface area contributed by atoms with Gasteiger partial charge in [-0.2, -0.15) is 5.26 Å². The number of amides is 1. The summed E-state index contributed by atoms with van der Waals surface area (Å²) in [6.07, 6.45) is 0.980. The van der Waals surface area contributed by atoms with E-state index < -0.39 is 0 Å². The van der Waals surface area contributed by atoms with E-state index in [1.54, 1.807) is 26.2 Å². The number of hydrogen-bond donors (Lipinski definition) is 2. The van der Waals surface area contributed by atoms with Crippen molar-refractivity contribution in [3.05, 3.63) is 23.8 Å². The first kappa shape index (κ1) is 16.0. The van der Waals surface area contributed by atoms with Crippen LogP contribution in [-0.4, -0.2) is 26.2 Å². The Morgan fingerprint density at radius 3 is 2.80 bits per heavy atom. The summed E-state index contributed by atoms with van der Waals surface area (Å²) < 4.78 is 4.97. The zero-order valence-corrected chi connectivity index (χ0v) is 12.2. The third kappa shape index (κ3) is 4.56. The van der Waals surface area contributed by atoms with Crippen molar-refractivity contribution < 1.29 is 9.53 Å². The van der Waals surface area contributed by atoms with Gasteiger partial charge in [0.25, 0.3) is 0 Å². The lowest BCUT2D eigenvalue weighted by Gasteiger charge is -2.15. The van der Waals surface area contributed by atoms with Gasteiger partial charge in [0.15, 0.2) is 0 Å². The fraction of sp³-hybridized carbons (Fsp3) is 0.467. The SMILES string of the molecule is CCCNc1ccc(C#N)cc1NC(=O)[C@H](C)COC. The van der Waals surface area contributed by atoms with Gasteiger partial charge < -0.3 is 15.4 Å². The molecule has 0 fully saturated rings. The first-order chi connectivity index (χ1) is 9.62. The predicted octanol–water partition coefficient (Wildman–Crippen LogP) is 2.60. The number of nitrogens with zero attached hydrogens (tertiary/aromatic N) is 1. The monoisotopic (exact) mass is 275 g/mol. The predicted molar refractivity (Wildman–Crippen MR) is 79.6 cm³/mol. The summed E-state index contributed by atoms with van der Waals surface area (Å²) in [5, 5.41) is 15.0. The van der Waals surface area contributed by atoms with E-state index in [0.29, 0.717) is 17.9 Å². The lowest BCUT2D eigenvalue weighted by atomic mass is 10.1. The summed E-state index contributed by atoms with van der Waals surface area (Å²) >= 11 is 0. The van der Waals surface area contributed by atoms with Crippen LogP contribution in [-0.2, 0) is 9.53 Å². The maximum atomic E-state index is 12.0. The number of carbonyl (C=O) groups excluding carboxylic acids is 1. The van der Waals surface area contributed by atoms with Gasteiger partial charge in [0.1, 0.15) is 0 Å². The highest BCUT2D eigenvalue weighted by Gasteiger charge is 2.14. The van der Waals surface area contributed by atoms with E-state index in [-0.39, 0.29) is 11.8 Å². The number of nitrogens with one attached hydrogen (secondary N) is 2. The van der Waals surface area contributed by atoms with Crippen LogP contribution in [0.25, 0.3) is 0 Å². The van der Waals surface area contributed by atoms with E-state index >= 15 is 0 Å². The van der Waals surface area contributed by atoms with Crippen LogP contribution in [0.1, 0.15) is 25.8 Å². The van der Waals surface area contributed by atoms with E-state index in [4.69, 9.17) is 10.00 Å². The average molecular weight is 275 g/mol. The van der Waals surface area contributed by atoms with Gasteiger partial charge in [0.2, 0.25) is 5.91 Å². The summed E-state index contributed by atoms with van der Waals surface area (Å²) in [5.74, 6) is -0.369. The van der Waals surface area contributed by atoms with E-state index in [9.17, 15) is 4.79 Å². The summed E-state index contributed by atoms with van der Waals surface area (Å²) in [4.78, 5) is 12.0. The van der Waals surface area contributed by atoms with Crippen LogP contribution in [0.4, 0.5) is 11.4 Å². The smallest absolute Gasteiger partial charge is 0.229 e. The molecular formula is C15H21N3O2. The van der Waals surface area contributed by atoms with Gasteiger partial charge in [-0.3, -0.25) is 4.79 Å². The van der Waals surface area contributed by atoms with Crippen molar-refractivity contribution in [1.82, 2.24) is 0 Å². The second-order valence-corrected chi connectivity index (χ2v) is 4.64. The maximum Gasteiger partial charge on any atom is 0.229 e. The zero-order chi connectivity index (χ0) is 15.0. The van der Waals surface area contributed by atoms with E-state index in [2.05, 4.69) is 23.6 Å². The molecule has 5 heteroatoms. The number of carbonyl (C=O) groups is 1. The Hall–Kier alpha value is -2.06. The van der Waals surface area contributed by atoms with Gasteiger partial charge in [0.05, 0.1) is 35.5 Å². The number of benzene rings is 1. The van der Waals surface area contributed by atoms with Crippen molar-refractivity contribution in [3.8, 4) is 6.07 Å². The Kier molecular flexibility index (Phi) is 6.54. The zero-order valence-electron chi connectivity index (χ0n) is 12.2. The van der Waals surface area contributed by atoms with Crippen LogP contribution >= 0.6 is 0 Å². The molecule has 1 aromatic rings. The van der Waals surface area contributed by atoms with Gasteiger partial charge in [-0.1, -0.05) is 13.8 Å². The molecule has 0 aliphatic heterocycles. The first-order valence-electron chi connectivity index (χ1n) is 6.70. The molecule has 0 aliphatic carbocycles. The van der Waals surface area contributed by atoms with Crippen molar-refractivity contribution in [2.75, 3.05) is 30.9 Å². The lowest BCUT2D eigenvalue weighted by Crippen LogP contribution is -2.24. The molecule has 2 N–H and O–H groups in total. The number of ether oxygens (including phenoxy) is 1. The van der Waals surface area contributed by atoms with Crippen LogP contribution in [0.3, 0.4) is 0 Å². The van der Waals surface area contributed by atoms with E-state index in [0.717, 1.165) is 18.7 Å². The molecule has 1 aromatic carbocycles. The second-order valence-electron chi connectivity index (χ2n) is 4.64. The molecule has 0 saturated heterocycles. The molecule has 5 nitrogen and oxygen atoms in total. The molecule has 0 unspecified atom stereocenters. The summed E-state index contributed by atoms with van der Waals surface area (Å²) in [6.45, 7) is 5.03. The minimum atomic E-state index is -0.246. The molecule has 1 atom stereocenters. The molecule has 0 aliphatic rings. The standard InChI is InChI=1S/C15H21N3O2/c1-4-7-17-13-6-5-12(9-16)8-14(13)18-15(19)11(2)10-20-3/h5-6,8,11,17H,4,7,10H2,1-3H3,(H,18,19)/t11-/m1/s1. The van der Waals surface area contributed by atoms with Crippen molar-refractivity contribution in [1.29, 1.82) is 5.26 Å². The number of methoxy groups -OCH3 is 1. The highest BCUT2D eigenvalue weighted by Crippen LogP contribution is 2.23. The number of rotatable bonds is 7. The van der Waals surface area contributed by atoms with Crippen LogP contribution in [0, 0.1) is 17.2 Å². The normalized spacial score (nSPS) is 11.5. The van der Waals surface area contributed by atoms with Crippen LogP contribution < -0.4 is 10.6 Å². The summed E-state index contributed by atoms with van der Waals surface area (Å²) in [7, 11) is 1.56. The molecule has 108 valence electrons. The van der Waals surface area contributed by atoms with E-state index in [1.807, 2.05) is 6.07 Å². The largest absolute Gasteiger partial charge is 0.384 e. The summed E-state index contributed by atoms with van der Waals surface area (Å²) in [6, 6.07) is 7.29. The highest BCUT2D eigenvalue weighted by molar-refractivity contribution is 5.95. The van der Waals surface area contributed by atoms with Crippen molar-refractivity contribution in [3.63, 3.8) is 0 Å². The van der Waals surface area contributed by atoms with Crippen LogP contribution in [0.5, 0.6) is 0 Å². The second kappa shape index (κ2) is 8.18. The van der Waals surface area contributed by atoms with Crippen molar-refractivity contribution in [2.24, 2.45) is 5.92 Å².